The third-order valence-corrected chi connectivity index (χ3v) is 3.95. The zero-order valence-electron chi connectivity index (χ0n) is 15.8. The predicted octanol–water partition coefficient (Wildman–Crippen LogP) is 3.43. The number of hydrogen-bond acceptors (Lipinski definition) is 5. The van der Waals surface area contributed by atoms with Gasteiger partial charge in [0.05, 0.1) is 11.3 Å². The maximum absolute atomic E-state index is 12.6. The van der Waals surface area contributed by atoms with E-state index in [0.717, 1.165) is 30.4 Å². The number of anilines is 1. The molecular weight excluding hydrogens is 328 g/mol. The molecule has 0 atom stereocenters. The first kappa shape index (κ1) is 19.8. The Morgan fingerprint density at radius 3 is 2.81 bits per heavy atom. The molecular formula is C20H28N4O2. The van der Waals surface area contributed by atoms with Crippen molar-refractivity contribution in [3.63, 3.8) is 0 Å². The van der Waals surface area contributed by atoms with Crippen LogP contribution in [0.2, 0.25) is 0 Å². The summed E-state index contributed by atoms with van der Waals surface area (Å²) in [5.74, 6) is 0.378. The number of benzene rings is 1. The number of nitrogens with zero attached hydrogens (tertiary/aromatic N) is 2. The number of hydrogen-bond donors (Lipinski definition) is 2. The van der Waals surface area contributed by atoms with Crippen molar-refractivity contribution in [1.29, 1.82) is 0 Å². The number of rotatable bonds is 10. The summed E-state index contributed by atoms with van der Waals surface area (Å²) in [6.45, 7) is 6.16. The lowest BCUT2D eigenvalue weighted by atomic mass is 10.0. The molecule has 1 heterocycles. The molecule has 0 aliphatic rings. The molecule has 26 heavy (non-hydrogen) atoms. The first-order valence-electron chi connectivity index (χ1n) is 9.10. The van der Waals surface area contributed by atoms with Crippen LogP contribution in [0.3, 0.4) is 0 Å². The van der Waals surface area contributed by atoms with E-state index in [1.807, 2.05) is 31.2 Å². The Kier molecular flexibility index (Phi) is 8.02. The molecule has 2 rings (SSSR count). The van der Waals surface area contributed by atoms with Gasteiger partial charge in [-0.15, -0.1) is 0 Å². The minimum Gasteiger partial charge on any atom is -0.385 e. The van der Waals surface area contributed by atoms with Gasteiger partial charge < -0.3 is 15.4 Å². The number of carbonyl (C=O) groups excluding carboxylic acids is 1. The molecule has 2 N–H and O–H groups in total. The lowest BCUT2D eigenvalue weighted by Gasteiger charge is -2.12. The second-order valence-corrected chi connectivity index (χ2v) is 6.21. The highest BCUT2D eigenvalue weighted by atomic mass is 16.5. The topological polar surface area (TPSA) is 76.1 Å². The number of carbonyl (C=O) groups is 1. The van der Waals surface area contributed by atoms with Crippen LogP contribution in [0.4, 0.5) is 5.95 Å². The molecule has 1 aromatic heterocycles. The monoisotopic (exact) mass is 356 g/mol. The van der Waals surface area contributed by atoms with Crippen molar-refractivity contribution in [3.05, 3.63) is 41.6 Å². The summed E-state index contributed by atoms with van der Waals surface area (Å²) in [7, 11) is 1.68. The highest BCUT2D eigenvalue weighted by Crippen LogP contribution is 2.23. The van der Waals surface area contributed by atoms with Gasteiger partial charge in [0.15, 0.2) is 0 Å². The summed E-state index contributed by atoms with van der Waals surface area (Å²) in [5, 5.41) is 6.14. The van der Waals surface area contributed by atoms with Crippen LogP contribution in [0.15, 0.2) is 30.5 Å². The van der Waals surface area contributed by atoms with E-state index in [-0.39, 0.29) is 5.91 Å². The second-order valence-electron chi connectivity index (χ2n) is 6.21. The van der Waals surface area contributed by atoms with Crippen LogP contribution < -0.4 is 10.6 Å². The van der Waals surface area contributed by atoms with Gasteiger partial charge in [0.2, 0.25) is 5.95 Å². The predicted molar refractivity (Wildman–Crippen MR) is 104 cm³/mol. The number of aryl methyl sites for hydroxylation is 1. The minimum absolute atomic E-state index is 0.138. The van der Waals surface area contributed by atoms with Gasteiger partial charge in [0, 0.05) is 38.6 Å². The molecule has 6 nitrogen and oxygen atoms in total. The maximum Gasteiger partial charge on any atom is 0.255 e. The molecule has 0 aliphatic carbocycles. The van der Waals surface area contributed by atoms with Gasteiger partial charge >= 0.3 is 0 Å². The van der Waals surface area contributed by atoms with Crippen LogP contribution in [0.25, 0.3) is 11.3 Å². The van der Waals surface area contributed by atoms with Crippen molar-refractivity contribution < 1.29 is 9.53 Å². The van der Waals surface area contributed by atoms with Crippen LogP contribution >= 0.6 is 0 Å². The molecule has 0 spiro atoms. The van der Waals surface area contributed by atoms with Crippen LogP contribution in [0, 0.1) is 6.92 Å². The van der Waals surface area contributed by atoms with Gasteiger partial charge in [-0.2, -0.15) is 0 Å². The Bertz CT molecular complexity index is 719. The molecule has 0 bridgehead atoms. The summed E-state index contributed by atoms with van der Waals surface area (Å²) >= 11 is 0. The summed E-state index contributed by atoms with van der Waals surface area (Å²) in [5.41, 5.74) is 3.17. The Labute approximate surface area is 155 Å². The minimum atomic E-state index is -0.138. The summed E-state index contributed by atoms with van der Waals surface area (Å²) in [4.78, 5) is 21.5. The molecule has 0 fully saturated rings. The highest BCUT2D eigenvalue weighted by molar-refractivity contribution is 5.99. The molecule has 1 amide bonds. The van der Waals surface area contributed by atoms with Gasteiger partial charge in [-0.3, -0.25) is 4.79 Å². The Balaban J connectivity index is 2.26. The number of aromatic nitrogens is 2. The van der Waals surface area contributed by atoms with E-state index in [0.29, 0.717) is 36.9 Å². The number of ether oxygens (including phenoxy) is 1. The van der Waals surface area contributed by atoms with Crippen molar-refractivity contribution in [2.75, 3.05) is 32.1 Å². The largest absolute Gasteiger partial charge is 0.385 e. The summed E-state index contributed by atoms with van der Waals surface area (Å²) in [6.07, 6.45) is 4.45. The quantitative estimate of drug-likeness (QED) is 0.638. The smallest absolute Gasteiger partial charge is 0.255 e. The van der Waals surface area contributed by atoms with Crippen LogP contribution in [-0.2, 0) is 4.74 Å². The Hall–Kier alpha value is -2.47. The van der Waals surface area contributed by atoms with Gasteiger partial charge in [0.25, 0.3) is 5.91 Å². The summed E-state index contributed by atoms with van der Waals surface area (Å²) in [6, 6.07) is 7.99. The molecule has 1 aromatic carbocycles. The average Bonchev–Trinajstić information content (AvgIpc) is 2.65. The maximum atomic E-state index is 12.6. The van der Waals surface area contributed by atoms with Crippen LogP contribution in [-0.4, -0.2) is 42.7 Å². The fourth-order valence-corrected chi connectivity index (χ4v) is 2.54. The first-order chi connectivity index (χ1) is 12.7. The van der Waals surface area contributed by atoms with E-state index in [1.165, 1.54) is 0 Å². The van der Waals surface area contributed by atoms with E-state index in [2.05, 4.69) is 27.5 Å². The molecule has 0 saturated heterocycles. The number of amides is 1. The molecule has 2 aromatic rings. The average molecular weight is 356 g/mol. The van der Waals surface area contributed by atoms with Gasteiger partial charge in [0.1, 0.15) is 0 Å². The Morgan fingerprint density at radius 2 is 2.08 bits per heavy atom. The zero-order chi connectivity index (χ0) is 18.8. The van der Waals surface area contributed by atoms with Gasteiger partial charge in [-0.05, 0) is 25.8 Å². The van der Waals surface area contributed by atoms with E-state index >= 15 is 0 Å². The third-order valence-electron chi connectivity index (χ3n) is 3.95. The standard InChI is InChI=1S/C20H28N4O2/c1-4-5-10-21-19(25)17-14-23-20(22-11-7-12-26-3)24-18(17)16-9-6-8-15(2)13-16/h6,8-9,13-14H,4-5,7,10-12H2,1-3H3,(H,21,25)(H,22,23,24). The van der Waals surface area contributed by atoms with Crippen LogP contribution in [0.5, 0.6) is 0 Å². The lowest BCUT2D eigenvalue weighted by Crippen LogP contribution is -2.25. The zero-order valence-corrected chi connectivity index (χ0v) is 15.8. The number of unbranched alkanes of at least 4 members (excludes halogenated alkanes) is 1. The highest BCUT2D eigenvalue weighted by Gasteiger charge is 2.16. The van der Waals surface area contributed by atoms with Crippen molar-refractivity contribution in [2.24, 2.45) is 0 Å². The number of nitrogens with one attached hydrogen (secondary N) is 2. The normalized spacial score (nSPS) is 10.6. The first-order valence-corrected chi connectivity index (χ1v) is 9.10. The SMILES string of the molecule is CCCCNC(=O)c1cnc(NCCCOC)nc1-c1cccc(C)c1. The molecule has 140 valence electrons. The van der Waals surface area contributed by atoms with Crippen LogP contribution in [0.1, 0.15) is 42.1 Å². The van der Waals surface area contributed by atoms with E-state index in [9.17, 15) is 4.79 Å². The fourth-order valence-electron chi connectivity index (χ4n) is 2.54. The molecule has 6 heteroatoms. The molecule has 0 unspecified atom stereocenters. The van der Waals surface area contributed by atoms with Gasteiger partial charge in [-0.1, -0.05) is 37.1 Å². The van der Waals surface area contributed by atoms with Crippen molar-refractivity contribution >= 4 is 11.9 Å². The van der Waals surface area contributed by atoms with E-state index in [1.54, 1.807) is 13.3 Å². The third kappa shape index (κ3) is 5.81. The lowest BCUT2D eigenvalue weighted by molar-refractivity contribution is 0.0953. The second kappa shape index (κ2) is 10.5. The van der Waals surface area contributed by atoms with Crippen molar-refractivity contribution in [2.45, 2.75) is 33.1 Å². The molecule has 0 saturated carbocycles. The molecule has 0 aliphatic heterocycles. The van der Waals surface area contributed by atoms with E-state index in [4.69, 9.17) is 4.74 Å². The fraction of sp³-hybridized carbons (Fsp3) is 0.450. The van der Waals surface area contributed by atoms with Crippen molar-refractivity contribution in [1.82, 2.24) is 15.3 Å². The van der Waals surface area contributed by atoms with Crippen molar-refractivity contribution in [3.8, 4) is 11.3 Å². The van der Waals surface area contributed by atoms with Gasteiger partial charge in [-0.25, -0.2) is 9.97 Å². The summed E-state index contributed by atoms with van der Waals surface area (Å²) < 4.78 is 5.05. The number of methoxy groups -OCH3 is 1. The van der Waals surface area contributed by atoms with E-state index < -0.39 is 0 Å². The molecule has 0 radical (unpaired) electrons. The Morgan fingerprint density at radius 1 is 1.23 bits per heavy atom.